The number of pyridine rings is 2. The van der Waals surface area contributed by atoms with E-state index in [2.05, 4.69) is 19.9 Å². The average molecular weight is 797 g/mol. The number of nitrogens with two attached hydrogens (primary N) is 2. The number of aromatic nitrogens is 6. The highest BCUT2D eigenvalue weighted by atomic mass is 32.2. The minimum absolute atomic E-state index is 0.0617. The van der Waals surface area contributed by atoms with Crippen molar-refractivity contribution in [1.82, 2.24) is 29.1 Å². The van der Waals surface area contributed by atoms with Crippen molar-refractivity contribution in [2.45, 2.75) is 22.1 Å². The zero-order chi connectivity index (χ0) is 39.6. The molecule has 22 heteroatoms. The normalized spacial score (nSPS) is 12.2. The number of benzene rings is 2. The van der Waals surface area contributed by atoms with Crippen LogP contribution in [0.4, 0.5) is 26.3 Å². The summed E-state index contributed by atoms with van der Waals surface area (Å²) in [6.07, 6.45) is -4.97. The Labute approximate surface area is 302 Å². The molecule has 0 aliphatic rings. The molecule has 6 aromatic rings. The highest BCUT2D eigenvalue weighted by Gasteiger charge is 2.36. The molecule has 0 saturated heterocycles. The lowest BCUT2D eigenvalue weighted by Crippen LogP contribution is -2.12. The van der Waals surface area contributed by atoms with Crippen LogP contribution in [-0.2, 0) is 32.4 Å². The first-order valence-corrected chi connectivity index (χ1v) is 17.9. The molecule has 0 unspecified atom stereocenters. The molecule has 0 amide bonds. The number of rotatable bonds is 8. The van der Waals surface area contributed by atoms with E-state index in [0.29, 0.717) is 11.5 Å². The molecule has 4 N–H and O–H groups in total. The van der Waals surface area contributed by atoms with Gasteiger partial charge >= 0.3 is 12.4 Å². The number of alkyl halides is 6. The lowest BCUT2D eigenvalue weighted by atomic mass is 10.3. The molecule has 2 aromatic carbocycles. The van der Waals surface area contributed by atoms with E-state index in [9.17, 15) is 43.2 Å². The van der Waals surface area contributed by atoms with Crippen molar-refractivity contribution in [1.29, 1.82) is 0 Å². The first kappa shape index (κ1) is 39.4. The van der Waals surface area contributed by atoms with E-state index in [4.69, 9.17) is 19.8 Å². The zero-order valence-electron chi connectivity index (χ0n) is 27.6. The number of hydrogen-bond acceptors (Lipinski definition) is 10. The molecule has 0 aliphatic carbocycles. The minimum Gasteiger partial charge on any atom is -0.497 e. The number of halogens is 6. The molecule has 0 spiro atoms. The third-order valence-corrected chi connectivity index (χ3v) is 9.14. The van der Waals surface area contributed by atoms with Crippen LogP contribution < -0.4 is 19.8 Å². The monoisotopic (exact) mass is 796 g/mol. The Morgan fingerprint density at radius 1 is 0.593 bits per heavy atom. The molecular weight excluding hydrogens is 771 g/mol. The molecule has 4 aromatic heterocycles. The summed E-state index contributed by atoms with van der Waals surface area (Å²) in [6, 6.07) is 16.1. The Morgan fingerprint density at radius 2 is 1.04 bits per heavy atom. The molecule has 0 saturated carbocycles. The maximum atomic E-state index is 13.2. The second kappa shape index (κ2) is 14.9. The predicted octanol–water partition coefficient (Wildman–Crippen LogP) is 5.22. The Morgan fingerprint density at radius 3 is 1.41 bits per heavy atom. The highest BCUT2D eigenvalue weighted by Crippen LogP contribution is 2.34. The van der Waals surface area contributed by atoms with Crippen molar-refractivity contribution < 1.29 is 52.7 Å². The van der Waals surface area contributed by atoms with Crippen LogP contribution >= 0.6 is 0 Å². The van der Waals surface area contributed by atoms with Crippen molar-refractivity contribution in [3.63, 3.8) is 0 Å². The SMILES string of the molecule is COc1ccc(-c2nc(C(F)(F)F)cn2-c2ccc(S(N)(=O)=O)cc2)nc1.COc1ccnc(-c2nc(C(F)(F)F)cn2-c2ccc(S(N)(=O)=O)cc2)c1. The van der Waals surface area contributed by atoms with Gasteiger partial charge in [-0.2, -0.15) is 26.3 Å². The second-order valence-electron chi connectivity index (χ2n) is 10.9. The number of imidazole rings is 2. The largest absolute Gasteiger partial charge is 0.497 e. The van der Waals surface area contributed by atoms with Gasteiger partial charge in [-0.25, -0.2) is 42.1 Å². The standard InChI is InChI=1S/2C16H13F3N4O3S/c1-26-11-4-7-13(21-8-11)15-22-14(16(17,18)19)9-23(15)10-2-5-12(6-3-10)27(20,24)25;1-26-11-6-7-21-13(8-11)15-22-14(16(17,18)19)9-23(15)10-2-4-12(5-3-10)27(20,24)25/h2*2-9H,1H3,(H2,20,24,25). The summed E-state index contributed by atoms with van der Waals surface area (Å²) >= 11 is 0. The molecule has 6 rings (SSSR count). The summed E-state index contributed by atoms with van der Waals surface area (Å²) in [5.74, 6) is 0.691. The third kappa shape index (κ3) is 9.02. The summed E-state index contributed by atoms with van der Waals surface area (Å²) in [6.45, 7) is 0. The molecule has 0 aliphatic heterocycles. The third-order valence-electron chi connectivity index (χ3n) is 7.28. The van der Waals surface area contributed by atoms with Crippen molar-refractivity contribution in [2.24, 2.45) is 10.3 Å². The summed E-state index contributed by atoms with van der Waals surface area (Å²) < 4.78 is 137. The fourth-order valence-electron chi connectivity index (χ4n) is 4.68. The fraction of sp³-hybridized carbons (Fsp3) is 0.125. The minimum atomic E-state index is -4.67. The van der Waals surface area contributed by atoms with Crippen LogP contribution in [0.15, 0.2) is 107 Å². The Balaban J connectivity index is 0.000000208. The first-order chi connectivity index (χ1) is 25.2. The Kier molecular flexibility index (Phi) is 10.9. The van der Waals surface area contributed by atoms with Gasteiger partial charge in [0.2, 0.25) is 20.0 Å². The summed E-state index contributed by atoms with van der Waals surface area (Å²) in [5.41, 5.74) is -1.37. The number of sulfonamides is 2. The van der Waals surface area contributed by atoms with Crippen molar-refractivity contribution in [3.8, 4) is 45.9 Å². The van der Waals surface area contributed by atoms with E-state index >= 15 is 0 Å². The zero-order valence-corrected chi connectivity index (χ0v) is 29.2. The fourth-order valence-corrected chi connectivity index (χ4v) is 5.71. The van der Waals surface area contributed by atoms with Crippen LogP contribution in [0.1, 0.15) is 11.4 Å². The van der Waals surface area contributed by atoms with Gasteiger partial charge in [-0.1, -0.05) is 0 Å². The van der Waals surface area contributed by atoms with Gasteiger partial charge in [-0.15, -0.1) is 0 Å². The molecule has 14 nitrogen and oxygen atoms in total. The maximum absolute atomic E-state index is 13.2. The van der Waals surface area contributed by atoms with E-state index < -0.39 is 43.8 Å². The number of nitrogens with zero attached hydrogens (tertiary/aromatic N) is 6. The van der Waals surface area contributed by atoms with Gasteiger partial charge in [0, 0.05) is 36.0 Å². The number of ether oxygens (including phenoxy) is 2. The van der Waals surface area contributed by atoms with E-state index in [-0.39, 0.29) is 44.2 Å². The van der Waals surface area contributed by atoms with Crippen LogP contribution in [0.5, 0.6) is 11.5 Å². The second-order valence-corrected chi connectivity index (χ2v) is 14.0. The Hall–Kier alpha value is -5.84. The molecule has 284 valence electrons. The molecule has 54 heavy (non-hydrogen) atoms. The van der Waals surface area contributed by atoms with Crippen LogP contribution in [0.3, 0.4) is 0 Å². The van der Waals surface area contributed by atoms with Crippen LogP contribution in [-0.4, -0.2) is 60.1 Å². The van der Waals surface area contributed by atoms with Gasteiger partial charge in [0.25, 0.3) is 0 Å². The molecule has 0 radical (unpaired) electrons. The summed E-state index contributed by atoms with van der Waals surface area (Å²) in [5, 5.41) is 10.1. The van der Waals surface area contributed by atoms with Gasteiger partial charge in [0.1, 0.15) is 22.9 Å². The smallest absolute Gasteiger partial charge is 0.434 e. The molecule has 0 bridgehead atoms. The number of methoxy groups -OCH3 is 2. The topological polar surface area (TPSA) is 200 Å². The van der Waals surface area contributed by atoms with Crippen molar-refractivity contribution in [3.05, 3.63) is 109 Å². The highest BCUT2D eigenvalue weighted by molar-refractivity contribution is 7.89. The quantitative estimate of drug-likeness (QED) is 0.193. The summed E-state index contributed by atoms with van der Waals surface area (Å²) in [4.78, 5) is 15.1. The van der Waals surface area contributed by atoms with Crippen LogP contribution in [0.2, 0.25) is 0 Å². The average Bonchev–Trinajstić information content (AvgIpc) is 3.78. The lowest BCUT2D eigenvalue weighted by molar-refractivity contribution is -0.141. The summed E-state index contributed by atoms with van der Waals surface area (Å²) in [7, 11) is -4.99. The molecule has 0 fully saturated rings. The van der Waals surface area contributed by atoms with Gasteiger partial charge in [-0.3, -0.25) is 14.1 Å². The molecule has 0 atom stereocenters. The number of primary sulfonamides is 2. The van der Waals surface area contributed by atoms with E-state index in [1.165, 1.54) is 91.8 Å². The van der Waals surface area contributed by atoms with Crippen LogP contribution in [0.25, 0.3) is 34.4 Å². The number of hydrogen-bond donors (Lipinski definition) is 2. The van der Waals surface area contributed by atoms with E-state index in [1.807, 2.05) is 0 Å². The predicted molar refractivity (Wildman–Crippen MR) is 179 cm³/mol. The van der Waals surface area contributed by atoms with Crippen LogP contribution in [0, 0.1) is 0 Å². The maximum Gasteiger partial charge on any atom is 0.434 e. The lowest BCUT2D eigenvalue weighted by Gasteiger charge is -2.09. The van der Waals surface area contributed by atoms with E-state index in [1.54, 1.807) is 12.1 Å². The molecule has 4 heterocycles. The molecular formula is C32H26F6N8O6S2. The van der Waals surface area contributed by atoms with Crippen molar-refractivity contribution in [2.75, 3.05) is 14.2 Å². The van der Waals surface area contributed by atoms with Gasteiger partial charge in [0.05, 0.1) is 30.2 Å². The Bertz CT molecular complexity index is 2490. The van der Waals surface area contributed by atoms with Crippen molar-refractivity contribution >= 4 is 20.0 Å². The first-order valence-electron chi connectivity index (χ1n) is 14.8. The van der Waals surface area contributed by atoms with E-state index in [0.717, 1.165) is 17.0 Å². The van der Waals surface area contributed by atoms with Gasteiger partial charge < -0.3 is 9.47 Å². The van der Waals surface area contributed by atoms with Gasteiger partial charge in [-0.05, 0) is 66.7 Å². The van der Waals surface area contributed by atoms with Gasteiger partial charge in [0.15, 0.2) is 23.0 Å².